The Labute approximate surface area is 172 Å². The molecule has 2 aromatic rings. The molecule has 3 saturated carbocycles. The first-order chi connectivity index (χ1) is 13.6. The summed E-state index contributed by atoms with van der Waals surface area (Å²) >= 11 is 3.63. The maximum atomic E-state index is 10.7. The van der Waals surface area contributed by atoms with E-state index in [1.165, 1.54) is 25.7 Å². The molecule has 28 heavy (non-hydrogen) atoms. The Morgan fingerprint density at radius 3 is 2.82 bits per heavy atom. The van der Waals surface area contributed by atoms with Crippen LogP contribution in [0, 0.1) is 17.2 Å². The summed E-state index contributed by atoms with van der Waals surface area (Å²) in [6, 6.07) is 5.98. The van der Waals surface area contributed by atoms with Crippen LogP contribution in [0.1, 0.15) is 50.7 Å². The van der Waals surface area contributed by atoms with Gasteiger partial charge in [-0.05, 0) is 60.9 Å². The van der Waals surface area contributed by atoms with Gasteiger partial charge in [-0.15, -0.1) is 0 Å². The van der Waals surface area contributed by atoms with E-state index in [1.54, 1.807) is 12.3 Å². The molecule has 4 bridgehead atoms. The summed E-state index contributed by atoms with van der Waals surface area (Å²) in [6.07, 6.45) is 9.68. The van der Waals surface area contributed by atoms with Crippen molar-refractivity contribution in [2.45, 2.75) is 74.7 Å². The Morgan fingerprint density at radius 2 is 2.11 bits per heavy atom. The molecule has 7 heteroatoms. The number of nitriles is 1. The number of halogens is 1. The molecule has 0 spiro atoms. The predicted molar refractivity (Wildman–Crippen MR) is 108 cm³/mol. The highest BCUT2D eigenvalue weighted by Crippen LogP contribution is 2.64. The van der Waals surface area contributed by atoms with E-state index >= 15 is 0 Å². The van der Waals surface area contributed by atoms with Gasteiger partial charge in [0.05, 0.1) is 16.3 Å². The van der Waals surface area contributed by atoms with Gasteiger partial charge in [0.2, 0.25) is 5.76 Å². The van der Waals surface area contributed by atoms with Crippen molar-refractivity contribution in [3.8, 4) is 6.07 Å². The molecule has 0 radical (unpaired) electrons. The summed E-state index contributed by atoms with van der Waals surface area (Å²) in [5.74, 6) is 1.68. The van der Waals surface area contributed by atoms with Crippen molar-refractivity contribution >= 4 is 32.7 Å². The molecule has 4 heterocycles. The largest absolute Gasteiger partial charge is 0.444 e. The number of rotatable bonds is 3. The molecule has 2 aromatic heterocycles. The zero-order valence-corrected chi connectivity index (χ0v) is 17.2. The number of fused-ring (bicyclic) bond motifs is 2. The van der Waals surface area contributed by atoms with E-state index < -0.39 is 0 Å². The summed E-state index contributed by atoms with van der Waals surface area (Å²) in [5, 5.41) is 24.3. The van der Waals surface area contributed by atoms with E-state index in [0.717, 1.165) is 34.9 Å². The minimum Gasteiger partial charge on any atom is -0.444 e. The number of nitrogens with one attached hydrogen (secondary N) is 1. The van der Waals surface area contributed by atoms with Crippen LogP contribution in [-0.2, 0) is 0 Å². The quantitative estimate of drug-likeness (QED) is 0.751. The van der Waals surface area contributed by atoms with Crippen LogP contribution >= 0.6 is 15.9 Å². The van der Waals surface area contributed by atoms with Crippen molar-refractivity contribution in [2.24, 2.45) is 5.92 Å². The zero-order valence-electron chi connectivity index (χ0n) is 15.6. The third-order valence-corrected chi connectivity index (χ3v) is 8.46. The Morgan fingerprint density at radius 1 is 1.29 bits per heavy atom. The van der Waals surface area contributed by atoms with Crippen LogP contribution in [0.2, 0.25) is 0 Å². The third kappa shape index (κ3) is 2.35. The molecule has 0 aromatic carbocycles. The molecule has 4 atom stereocenters. The smallest absolute Gasteiger partial charge is 0.204 e. The van der Waals surface area contributed by atoms with Crippen LogP contribution in [-0.4, -0.2) is 44.8 Å². The number of anilines is 1. The standard InChI is InChI=1S/C21H23BrN4O2/c22-18-15-8-14(9-23)28-17(15)10-24-20(18)25-11-1-3-12(4-2-11)26-13-5-6-21(27)16(7-13)19(21)26/h8,10-13,16,19,27H,1-7H2,(H,24,25)/t11?,12?,13-,16?,19?,21?/m0/s1. The second-order valence-corrected chi connectivity index (χ2v) is 9.78. The van der Waals surface area contributed by atoms with Crippen LogP contribution < -0.4 is 5.32 Å². The van der Waals surface area contributed by atoms with Crippen LogP contribution in [0.3, 0.4) is 0 Å². The van der Waals surface area contributed by atoms with Crippen LogP contribution in [0.15, 0.2) is 21.2 Å². The van der Waals surface area contributed by atoms with Crippen LogP contribution in [0.25, 0.3) is 11.0 Å². The van der Waals surface area contributed by atoms with E-state index in [2.05, 4.69) is 31.1 Å². The minimum atomic E-state index is -0.346. The fourth-order valence-corrected chi connectivity index (χ4v) is 6.82. The van der Waals surface area contributed by atoms with Crippen LogP contribution in [0.4, 0.5) is 5.82 Å². The van der Waals surface area contributed by atoms with Gasteiger partial charge >= 0.3 is 0 Å². The number of furan rings is 1. The van der Waals surface area contributed by atoms with Gasteiger partial charge in [-0.1, -0.05) is 0 Å². The summed E-state index contributed by atoms with van der Waals surface area (Å²) < 4.78 is 6.31. The van der Waals surface area contributed by atoms with Gasteiger partial charge < -0.3 is 14.8 Å². The molecule has 0 amide bonds. The number of hydrogen-bond donors (Lipinski definition) is 2. The molecule has 146 valence electrons. The number of piperidine rings is 2. The minimum absolute atomic E-state index is 0.301. The van der Waals surface area contributed by atoms with Gasteiger partial charge in [-0.2, -0.15) is 5.26 Å². The maximum Gasteiger partial charge on any atom is 0.204 e. The van der Waals surface area contributed by atoms with E-state index in [1.807, 2.05) is 6.07 Å². The normalized spacial score (nSPS) is 39.1. The topological polar surface area (TPSA) is 85.3 Å². The number of hydrogen-bond acceptors (Lipinski definition) is 6. The highest BCUT2D eigenvalue weighted by atomic mass is 79.9. The molecular weight excluding hydrogens is 420 g/mol. The monoisotopic (exact) mass is 442 g/mol. The number of aromatic nitrogens is 1. The SMILES string of the molecule is N#Cc1cc2c(Br)c(NC3CCC(N4C5C6C[C@@H]4CCC65O)CC3)ncc2o1. The van der Waals surface area contributed by atoms with E-state index in [-0.39, 0.29) is 5.60 Å². The van der Waals surface area contributed by atoms with Crippen molar-refractivity contribution in [1.29, 1.82) is 5.26 Å². The predicted octanol–water partition coefficient (Wildman–Crippen LogP) is 3.78. The van der Waals surface area contributed by atoms with Crippen molar-refractivity contribution in [2.75, 3.05) is 5.32 Å². The van der Waals surface area contributed by atoms with Crippen molar-refractivity contribution < 1.29 is 9.52 Å². The van der Waals surface area contributed by atoms with E-state index in [0.29, 0.717) is 41.4 Å². The Kier molecular flexibility index (Phi) is 3.66. The molecule has 2 N–H and O–H groups in total. The third-order valence-electron chi connectivity index (χ3n) is 7.66. The first-order valence-corrected chi connectivity index (χ1v) is 11.1. The molecule has 3 aliphatic carbocycles. The van der Waals surface area contributed by atoms with Gasteiger partial charge in [0, 0.05) is 41.5 Å². The molecule has 5 fully saturated rings. The second-order valence-electron chi connectivity index (χ2n) is 8.99. The molecular formula is C21H23BrN4O2. The first kappa shape index (κ1) is 17.3. The lowest BCUT2D eigenvalue weighted by Crippen LogP contribution is -2.51. The average Bonchev–Trinajstić information content (AvgIpc) is 3.03. The van der Waals surface area contributed by atoms with Crippen molar-refractivity contribution in [3.63, 3.8) is 0 Å². The molecule has 7 rings (SSSR count). The molecule has 2 saturated heterocycles. The Hall–Kier alpha value is -1.62. The summed E-state index contributed by atoms with van der Waals surface area (Å²) in [4.78, 5) is 7.19. The van der Waals surface area contributed by atoms with Gasteiger partial charge in [0.25, 0.3) is 0 Å². The highest BCUT2D eigenvalue weighted by molar-refractivity contribution is 9.10. The number of aliphatic hydroxyl groups is 1. The van der Waals surface area contributed by atoms with Crippen molar-refractivity contribution in [3.05, 3.63) is 22.5 Å². The number of pyridine rings is 1. The summed E-state index contributed by atoms with van der Waals surface area (Å²) in [7, 11) is 0. The molecule has 6 nitrogen and oxygen atoms in total. The van der Waals surface area contributed by atoms with Gasteiger partial charge in [-0.3, -0.25) is 4.90 Å². The molecule has 5 aliphatic rings. The maximum absolute atomic E-state index is 10.7. The van der Waals surface area contributed by atoms with E-state index in [4.69, 9.17) is 9.68 Å². The Balaban J connectivity index is 1.13. The lowest BCUT2D eigenvalue weighted by molar-refractivity contribution is -0.0191. The fraction of sp³-hybridized carbons (Fsp3) is 0.619. The van der Waals surface area contributed by atoms with Gasteiger partial charge in [0.15, 0.2) is 5.58 Å². The molecule has 3 unspecified atom stereocenters. The average molecular weight is 443 g/mol. The van der Waals surface area contributed by atoms with Crippen molar-refractivity contribution in [1.82, 2.24) is 9.88 Å². The summed E-state index contributed by atoms with van der Waals surface area (Å²) in [5.41, 5.74) is 0.277. The first-order valence-electron chi connectivity index (χ1n) is 10.3. The summed E-state index contributed by atoms with van der Waals surface area (Å²) in [6.45, 7) is 0. The highest BCUT2D eigenvalue weighted by Gasteiger charge is 2.74. The van der Waals surface area contributed by atoms with Gasteiger partial charge in [-0.25, -0.2) is 4.98 Å². The van der Waals surface area contributed by atoms with Crippen LogP contribution in [0.5, 0.6) is 0 Å². The Bertz CT molecular complexity index is 992. The zero-order chi connectivity index (χ0) is 19.0. The van der Waals surface area contributed by atoms with Gasteiger partial charge in [0.1, 0.15) is 11.9 Å². The fourth-order valence-electron chi connectivity index (χ4n) is 6.29. The second kappa shape index (κ2) is 5.94. The lowest BCUT2D eigenvalue weighted by atomic mass is 9.85. The molecule has 2 aliphatic heterocycles. The van der Waals surface area contributed by atoms with E-state index in [9.17, 15) is 5.11 Å². The lowest BCUT2D eigenvalue weighted by Gasteiger charge is -2.44. The number of nitrogens with zero attached hydrogens (tertiary/aromatic N) is 3.